The average molecular weight is 811 g/mol. The first-order chi connectivity index (χ1) is 29.9. The van der Waals surface area contributed by atoms with Gasteiger partial charge in [-0.1, -0.05) is 125 Å². The van der Waals surface area contributed by atoms with E-state index in [2.05, 4.69) is 131 Å². The van der Waals surface area contributed by atoms with E-state index in [0.29, 0.717) is 11.4 Å². The van der Waals surface area contributed by atoms with Crippen LogP contribution >= 0.6 is 0 Å². The second-order valence-electron chi connectivity index (χ2n) is 16.2. The molecule has 4 nitrogen and oxygen atoms in total. The monoisotopic (exact) mass is 810 g/mol. The van der Waals surface area contributed by atoms with E-state index in [9.17, 15) is 13.2 Å². The second-order valence-corrected chi connectivity index (χ2v) is 16.2. The lowest BCUT2D eigenvalue weighted by molar-refractivity contribution is -0.137. The van der Waals surface area contributed by atoms with Gasteiger partial charge in [0.1, 0.15) is 0 Å². The maximum Gasteiger partial charge on any atom is 0.415 e. The molecule has 0 unspecified atom stereocenters. The molecule has 10 aromatic rings. The standard InChI is InChI=1S/C55H37F3N4/c1-32-22-33(2)25-38(24-32)36-18-20-50-42(28-36)40-12-7-9-16-48(40)61(50)52-30-44(54-45(55(56,57)58)14-11-15-46(54)59-5)47(60-6)31-53(52)62-49-17-10-8-13-41(49)43-29-37(19-21-51(43)62)39-26-34(3)23-35(4)27-39/h7-31H,1-4H3. The quantitative estimate of drug-likeness (QED) is 0.154. The second kappa shape index (κ2) is 14.4. The summed E-state index contributed by atoms with van der Waals surface area (Å²) in [5.41, 5.74) is 12.1. The number of hydrogen-bond donors (Lipinski definition) is 0. The van der Waals surface area contributed by atoms with Crippen molar-refractivity contribution in [2.24, 2.45) is 0 Å². The van der Waals surface area contributed by atoms with Crippen LogP contribution in [-0.4, -0.2) is 9.13 Å². The van der Waals surface area contributed by atoms with Crippen LogP contribution in [0, 0.1) is 40.8 Å². The zero-order chi connectivity index (χ0) is 43.0. The van der Waals surface area contributed by atoms with E-state index in [1.54, 1.807) is 12.1 Å². The molecule has 0 aliphatic rings. The van der Waals surface area contributed by atoms with Crippen molar-refractivity contribution in [2.75, 3.05) is 0 Å². The van der Waals surface area contributed by atoms with Crippen molar-refractivity contribution in [3.05, 3.63) is 202 Å². The number of benzene rings is 8. The van der Waals surface area contributed by atoms with Crippen molar-refractivity contribution in [1.29, 1.82) is 0 Å². The van der Waals surface area contributed by atoms with E-state index in [1.807, 2.05) is 36.4 Å². The Hall–Kier alpha value is -7.87. The summed E-state index contributed by atoms with van der Waals surface area (Å²) < 4.78 is 49.1. The van der Waals surface area contributed by atoms with Gasteiger partial charge in [-0.15, -0.1) is 0 Å². The fourth-order valence-electron chi connectivity index (χ4n) is 9.48. The highest BCUT2D eigenvalue weighted by Crippen LogP contribution is 2.49. The summed E-state index contributed by atoms with van der Waals surface area (Å²) in [6, 6.07) is 48.9. The molecule has 0 atom stereocenters. The van der Waals surface area contributed by atoms with E-state index >= 15 is 0 Å². The van der Waals surface area contributed by atoms with E-state index in [4.69, 9.17) is 13.1 Å². The Bertz CT molecular complexity index is 3550. The lowest BCUT2D eigenvalue weighted by Crippen LogP contribution is -2.08. The molecule has 0 aliphatic carbocycles. The van der Waals surface area contributed by atoms with Gasteiger partial charge in [-0.05, 0) is 110 Å². The SMILES string of the molecule is [C-]#[N+]c1cc(-n2c3ccccc3c3cc(-c4cc(C)cc(C)c4)ccc32)c(-n2c3ccccc3c3cc(-c4cc(C)cc(C)c4)ccc32)cc1-c1c([N+]#[C-])cccc1C(F)(F)F. The molecule has 8 aromatic carbocycles. The summed E-state index contributed by atoms with van der Waals surface area (Å²) >= 11 is 0. The number of aryl methyl sites for hydroxylation is 4. The van der Waals surface area contributed by atoms with Gasteiger partial charge in [-0.3, -0.25) is 0 Å². The summed E-state index contributed by atoms with van der Waals surface area (Å²) in [6.45, 7) is 24.8. The minimum absolute atomic E-state index is 0.000933. The average Bonchev–Trinajstić information content (AvgIpc) is 3.76. The molecule has 0 fully saturated rings. The van der Waals surface area contributed by atoms with Crippen LogP contribution in [0.25, 0.3) is 98.1 Å². The third kappa shape index (κ3) is 6.21. The van der Waals surface area contributed by atoms with Crippen molar-refractivity contribution in [3.63, 3.8) is 0 Å². The highest BCUT2D eigenvalue weighted by Gasteiger charge is 2.36. The topological polar surface area (TPSA) is 18.6 Å². The van der Waals surface area contributed by atoms with E-state index in [1.165, 1.54) is 23.3 Å². The van der Waals surface area contributed by atoms with E-state index < -0.39 is 11.7 Å². The zero-order valence-electron chi connectivity index (χ0n) is 34.4. The van der Waals surface area contributed by atoms with Crippen LogP contribution in [-0.2, 0) is 6.18 Å². The Morgan fingerprint density at radius 3 is 1.34 bits per heavy atom. The molecular weight excluding hydrogens is 774 g/mol. The fraction of sp³-hybridized carbons (Fsp3) is 0.0909. The first-order valence-corrected chi connectivity index (χ1v) is 20.3. The molecule has 2 aromatic heterocycles. The largest absolute Gasteiger partial charge is 0.415 e. The van der Waals surface area contributed by atoms with Gasteiger partial charge in [0, 0.05) is 21.5 Å². The molecule has 2 heterocycles. The smallest absolute Gasteiger partial charge is 0.308 e. The molecule has 298 valence electrons. The molecule has 7 heteroatoms. The number of hydrogen-bond acceptors (Lipinski definition) is 0. The maximum atomic E-state index is 15.0. The van der Waals surface area contributed by atoms with Crippen LogP contribution in [0.15, 0.2) is 152 Å². The summed E-state index contributed by atoms with van der Waals surface area (Å²) in [5.74, 6) is 0. The predicted molar refractivity (Wildman–Crippen MR) is 248 cm³/mol. The highest BCUT2D eigenvalue weighted by atomic mass is 19.4. The Kier molecular flexibility index (Phi) is 8.91. The van der Waals surface area contributed by atoms with Gasteiger partial charge in [0.2, 0.25) is 0 Å². The van der Waals surface area contributed by atoms with Gasteiger partial charge in [0.25, 0.3) is 0 Å². The molecule has 0 N–H and O–H groups in total. The summed E-state index contributed by atoms with van der Waals surface area (Å²) in [7, 11) is 0. The molecular formula is C55H37F3N4. The molecule has 0 bridgehead atoms. The molecule has 0 aliphatic heterocycles. The Morgan fingerprint density at radius 1 is 0.419 bits per heavy atom. The van der Waals surface area contributed by atoms with Gasteiger partial charge >= 0.3 is 6.18 Å². The minimum atomic E-state index is -4.79. The Morgan fingerprint density at radius 2 is 0.871 bits per heavy atom. The Balaban J connectivity index is 1.34. The fourth-order valence-corrected chi connectivity index (χ4v) is 9.48. The molecule has 0 saturated carbocycles. The van der Waals surface area contributed by atoms with Crippen molar-refractivity contribution >= 4 is 55.0 Å². The maximum absolute atomic E-state index is 15.0. The number of aromatic nitrogens is 2. The van der Waals surface area contributed by atoms with Crippen molar-refractivity contribution in [1.82, 2.24) is 9.13 Å². The van der Waals surface area contributed by atoms with Crippen LogP contribution < -0.4 is 0 Å². The first-order valence-electron chi connectivity index (χ1n) is 20.3. The van der Waals surface area contributed by atoms with Gasteiger partial charge in [-0.25, -0.2) is 9.69 Å². The minimum Gasteiger partial charge on any atom is -0.308 e. The van der Waals surface area contributed by atoms with Gasteiger partial charge in [-0.2, -0.15) is 13.2 Å². The summed E-state index contributed by atoms with van der Waals surface area (Å²) in [5, 5.41) is 3.92. The van der Waals surface area contributed by atoms with Gasteiger partial charge in [0.15, 0.2) is 11.4 Å². The third-order valence-electron chi connectivity index (χ3n) is 11.9. The lowest BCUT2D eigenvalue weighted by atomic mass is 9.94. The van der Waals surface area contributed by atoms with Crippen LogP contribution in [0.3, 0.4) is 0 Å². The number of rotatable bonds is 5. The van der Waals surface area contributed by atoms with Crippen molar-refractivity contribution in [3.8, 4) is 44.8 Å². The number of halogens is 3. The Labute approximate surface area is 357 Å². The van der Waals surface area contributed by atoms with E-state index in [0.717, 1.165) is 83.1 Å². The lowest BCUT2D eigenvalue weighted by Gasteiger charge is -2.22. The summed E-state index contributed by atoms with van der Waals surface area (Å²) in [6.07, 6.45) is -4.79. The first kappa shape index (κ1) is 38.3. The summed E-state index contributed by atoms with van der Waals surface area (Å²) in [4.78, 5) is 7.48. The molecule has 0 saturated heterocycles. The number of para-hydroxylation sites is 2. The molecule has 0 amide bonds. The van der Waals surface area contributed by atoms with Gasteiger partial charge in [0.05, 0.1) is 52.1 Å². The van der Waals surface area contributed by atoms with Crippen molar-refractivity contribution in [2.45, 2.75) is 33.9 Å². The number of fused-ring (bicyclic) bond motifs is 6. The number of nitrogens with zero attached hydrogens (tertiary/aromatic N) is 4. The molecule has 10 rings (SSSR count). The molecule has 0 radical (unpaired) electrons. The molecule has 0 spiro atoms. The van der Waals surface area contributed by atoms with Crippen molar-refractivity contribution < 1.29 is 13.2 Å². The zero-order valence-corrected chi connectivity index (χ0v) is 34.4. The normalized spacial score (nSPS) is 11.8. The third-order valence-corrected chi connectivity index (χ3v) is 11.9. The van der Waals surface area contributed by atoms with Gasteiger partial charge < -0.3 is 9.13 Å². The van der Waals surface area contributed by atoms with Crippen LogP contribution in [0.5, 0.6) is 0 Å². The predicted octanol–water partition coefficient (Wildman–Crippen LogP) is 16.2. The highest BCUT2D eigenvalue weighted by molar-refractivity contribution is 6.13. The van der Waals surface area contributed by atoms with Crippen LogP contribution in [0.1, 0.15) is 27.8 Å². The number of alkyl halides is 3. The van der Waals surface area contributed by atoms with Crippen LogP contribution in [0.2, 0.25) is 0 Å². The molecule has 62 heavy (non-hydrogen) atoms. The van der Waals surface area contributed by atoms with Crippen LogP contribution in [0.4, 0.5) is 24.5 Å². The van der Waals surface area contributed by atoms with E-state index in [-0.39, 0.29) is 22.5 Å².